The number of rotatable bonds is 5. The highest BCUT2D eigenvalue weighted by atomic mass is 19.4. The van der Waals surface area contributed by atoms with Gasteiger partial charge in [0.15, 0.2) is 0 Å². The van der Waals surface area contributed by atoms with Gasteiger partial charge in [0.1, 0.15) is 0 Å². The molecule has 1 amide bonds. The van der Waals surface area contributed by atoms with Crippen LogP contribution in [-0.2, 0) is 11.3 Å². The largest absolute Gasteiger partial charge is 0.490 e. The van der Waals surface area contributed by atoms with Crippen molar-refractivity contribution in [2.75, 3.05) is 0 Å². The van der Waals surface area contributed by atoms with Crippen LogP contribution in [0.4, 0.5) is 13.2 Å². The van der Waals surface area contributed by atoms with Crippen molar-refractivity contribution in [3.8, 4) is 11.1 Å². The number of hydrogen-bond donors (Lipinski definition) is 3. The third-order valence-corrected chi connectivity index (χ3v) is 5.38. The van der Waals surface area contributed by atoms with Crippen molar-refractivity contribution in [3.05, 3.63) is 59.7 Å². The topological polar surface area (TPSA) is 92.4 Å². The standard InChI is InChI=1S/C22H28N2O.C2HF3O2/c23-22(25)20-8-6-7-19(15-20)18-13-11-17(12-14-18)16-24-21-9-4-2-1-3-5-10-21;3-2(4,5)1(6)7/h6-8,11-15,21,24H,1-5,9-10,16H2,(H2,23,25);(H,6,7). The maximum absolute atomic E-state index is 11.3. The van der Waals surface area contributed by atoms with Gasteiger partial charge >= 0.3 is 12.1 Å². The van der Waals surface area contributed by atoms with Gasteiger partial charge in [0, 0.05) is 18.2 Å². The Morgan fingerprint density at radius 3 is 2.03 bits per heavy atom. The molecule has 0 unspecified atom stereocenters. The van der Waals surface area contributed by atoms with E-state index in [1.807, 2.05) is 18.2 Å². The summed E-state index contributed by atoms with van der Waals surface area (Å²) in [7, 11) is 0. The van der Waals surface area contributed by atoms with E-state index in [9.17, 15) is 18.0 Å². The predicted octanol–water partition coefficient (Wildman–Crippen LogP) is 5.29. The van der Waals surface area contributed by atoms with Gasteiger partial charge in [-0.3, -0.25) is 4.79 Å². The summed E-state index contributed by atoms with van der Waals surface area (Å²) in [6.45, 7) is 0.923. The van der Waals surface area contributed by atoms with Gasteiger partial charge in [0.05, 0.1) is 0 Å². The van der Waals surface area contributed by atoms with E-state index >= 15 is 0 Å². The number of amides is 1. The van der Waals surface area contributed by atoms with Crippen molar-refractivity contribution >= 4 is 11.9 Å². The molecule has 2 aromatic carbocycles. The van der Waals surface area contributed by atoms with E-state index in [0.717, 1.165) is 17.7 Å². The maximum atomic E-state index is 11.3. The van der Waals surface area contributed by atoms with Crippen LogP contribution < -0.4 is 11.1 Å². The molecule has 8 heteroatoms. The fourth-order valence-electron chi connectivity index (χ4n) is 3.59. The number of carboxylic acids is 1. The van der Waals surface area contributed by atoms with Gasteiger partial charge in [-0.25, -0.2) is 4.79 Å². The monoisotopic (exact) mass is 450 g/mol. The fraction of sp³-hybridized carbons (Fsp3) is 0.417. The molecule has 0 aliphatic heterocycles. The molecule has 0 heterocycles. The first kappa shape index (κ1) is 25.4. The summed E-state index contributed by atoms with van der Waals surface area (Å²) in [5.74, 6) is -3.14. The molecule has 0 radical (unpaired) electrons. The average Bonchev–Trinajstić information content (AvgIpc) is 2.73. The fourth-order valence-corrected chi connectivity index (χ4v) is 3.59. The van der Waals surface area contributed by atoms with Crippen molar-refractivity contribution in [3.63, 3.8) is 0 Å². The van der Waals surface area contributed by atoms with E-state index in [1.165, 1.54) is 50.5 Å². The highest BCUT2D eigenvalue weighted by Crippen LogP contribution is 2.22. The Kier molecular flexibility index (Phi) is 9.71. The zero-order chi connectivity index (χ0) is 23.6. The quantitative estimate of drug-likeness (QED) is 0.577. The smallest absolute Gasteiger partial charge is 0.475 e. The van der Waals surface area contributed by atoms with Gasteiger partial charge in [-0.05, 0) is 41.7 Å². The van der Waals surface area contributed by atoms with Crippen LogP contribution in [0.1, 0.15) is 60.9 Å². The van der Waals surface area contributed by atoms with Crippen molar-refractivity contribution in [2.24, 2.45) is 5.73 Å². The summed E-state index contributed by atoms with van der Waals surface area (Å²) >= 11 is 0. The first-order valence-corrected chi connectivity index (χ1v) is 10.7. The number of alkyl halides is 3. The van der Waals surface area contributed by atoms with E-state index in [4.69, 9.17) is 15.6 Å². The molecule has 174 valence electrons. The van der Waals surface area contributed by atoms with Gasteiger partial charge < -0.3 is 16.2 Å². The lowest BCUT2D eigenvalue weighted by molar-refractivity contribution is -0.192. The Bertz CT molecular complexity index is 875. The first-order valence-electron chi connectivity index (χ1n) is 10.7. The molecule has 0 spiro atoms. The Hall–Kier alpha value is -2.87. The minimum atomic E-state index is -5.08. The van der Waals surface area contributed by atoms with Crippen LogP contribution >= 0.6 is 0 Å². The molecule has 0 atom stereocenters. The minimum absolute atomic E-state index is 0.387. The van der Waals surface area contributed by atoms with E-state index in [2.05, 4.69) is 29.6 Å². The number of benzene rings is 2. The number of primary amides is 1. The van der Waals surface area contributed by atoms with Crippen LogP contribution in [0.3, 0.4) is 0 Å². The van der Waals surface area contributed by atoms with Crippen LogP contribution in [0.25, 0.3) is 11.1 Å². The van der Waals surface area contributed by atoms with Crippen LogP contribution in [-0.4, -0.2) is 29.2 Å². The number of carbonyl (C=O) groups is 2. The molecule has 1 saturated carbocycles. The SMILES string of the molecule is NC(=O)c1cccc(-c2ccc(CNC3CCCCCCC3)cc2)c1.O=C(O)C(F)(F)F. The lowest BCUT2D eigenvalue weighted by atomic mass is 9.96. The minimum Gasteiger partial charge on any atom is -0.475 e. The summed E-state index contributed by atoms with van der Waals surface area (Å²) < 4.78 is 31.7. The molecule has 1 aliphatic carbocycles. The Morgan fingerprint density at radius 1 is 0.938 bits per heavy atom. The third-order valence-electron chi connectivity index (χ3n) is 5.38. The van der Waals surface area contributed by atoms with Gasteiger partial charge in [-0.15, -0.1) is 0 Å². The Labute approximate surface area is 185 Å². The normalized spacial score (nSPS) is 15.1. The summed E-state index contributed by atoms with van der Waals surface area (Å²) in [4.78, 5) is 20.2. The molecule has 0 aromatic heterocycles. The number of carboxylic acid groups (broad SMARTS) is 1. The number of nitrogens with two attached hydrogens (primary N) is 1. The zero-order valence-electron chi connectivity index (χ0n) is 17.8. The molecule has 1 fully saturated rings. The van der Waals surface area contributed by atoms with Crippen molar-refractivity contribution in [1.29, 1.82) is 0 Å². The molecule has 32 heavy (non-hydrogen) atoms. The highest BCUT2D eigenvalue weighted by Gasteiger charge is 2.38. The molecule has 3 rings (SSSR count). The summed E-state index contributed by atoms with van der Waals surface area (Å²) in [5, 5.41) is 10.9. The molecule has 0 bridgehead atoms. The van der Waals surface area contributed by atoms with Gasteiger partial charge in [-0.2, -0.15) is 13.2 Å². The van der Waals surface area contributed by atoms with E-state index < -0.39 is 12.1 Å². The Morgan fingerprint density at radius 2 is 1.50 bits per heavy atom. The number of nitrogens with one attached hydrogen (secondary N) is 1. The first-order chi connectivity index (χ1) is 15.2. The molecule has 5 nitrogen and oxygen atoms in total. The predicted molar refractivity (Wildman–Crippen MR) is 117 cm³/mol. The number of hydrogen-bond acceptors (Lipinski definition) is 3. The van der Waals surface area contributed by atoms with E-state index in [-0.39, 0.29) is 5.91 Å². The number of carbonyl (C=O) groups excluding carboxylic acids is 1. The summed E-state index contributed by atoms with van der Waals surface area (Å²) in [6.07, 6.45) is 4.41. The van der Waals surface area contributed by atoms with Crippen molar-refractivity contribution < 1.29 is 27.9 Å². The van der Waals surface area contributed by atoms with E-state index in [1.54, 1.807) is 6.07 Å². The van der Waals surface area contributed by atoms with Gasteiger partial charge in [-0.1, -0.05) is 68.5 Å². The second kappa shape index (κ2) is 12.2. The Balaban J connectivity index is 0.000000451. The lowest BCUT2D eigenvalue weighted by Crippen LogP contribution is -2.29. The van der Waals surface area contributed by atoms with Crippen LogP contribution in [0.2, 0.25) is 0 Å². The number of aliphatic carboxylic acids is 1. The second-order valence-corrected chi connectivity index (χ2v) is 7.87. The zero-order valence-corrected chi connectivity index (χ0v) is 17.8. The van der Waals surface area contributed by atoms with Crippen molar-refractivity contribution in [2.45, 2.75) is 63.7 Å². The second-order valence-electron chi connectivity index (χ2n) is 7.87. The molecule has 4 N–H and O–H groups in total. The van der Waals surface area contributed by atoms with Crippen molar-refractivity contribution in [1.82, 2.24) is 5.32 Å². The summed E-state index contributed by atoms with van der Waals surface area (Å²) in [6, 6.07) is 16.7. The lowest BCUT2D eigenvalue weighted by Gasteiger charge is -2.21. The van der Waals surface area contributed by atoms with Crippen LogP contribution in [0, 0.1) is 0 Å². The van der Waals surface area contributed by atoms with Gasteiger partial charge in [0.25, 0.3) is 0 Å². The van der Waals surface area contributed by atoms with Crippen LogP contribution in [0.15, 0.2) is 48.5 Å². The molecule has 1 aliphatic rings. The highest BCUT2D eigenvalue weighted by molar-refractivity contribution is 5.94. The van der Waals surface area contributed by atoms with Gasteiger partial charge in [0.2, 0.25) is 5.91 Å². The molecule has 2 aromatic rings. The van der Waals surface area contributed by atoms with E-state index in [0.29, 0.717) is 11.6 Å². The molecular weight excluding hydrogens is 421 g/mol. The average molecular weight is 451 g/mol. The number of halogens is 3. The maximum Gasteiger partial charge on any atom is 0.490 e. The third kappa shape index (κ3) is 8.70. The molecular formula is C24H29F3N2O3. The summed E-state index contributed by atoms with van der Waals surface area (Å²) in [5.41, 5.74) is 9.35. The molecule has 0 saturated heterocycles. The van der Waals surface area contributed by atoms with Crippen LogP contribution in [0.5, 0.6) is 0 Å².